The Kier molecular flexibility index (Phi) is 10.3. The van der Waals surface area contributed by atoms with Gasteiger partial charge < -0.3 is 5.32 Å². The Morgan fingerprint density at radius 3 is 2.00 bits per heavy atom. The number of anilines is 1. The van der Waals surface area contributed by atoms with Crippen molar-refractivity contribution in [1.29, 1.82) is 0 Å². The van der Waals surface area contributed by atoms with Gasteiger partial charge in [-0.05, 0) is 24.6 Å². The first-order valence-corrected chi connectivity index (χ1v) is 8.80. The van der Waals surface area contributed by atoms with Crippen LogP contribution in [-0.2, 0) is 0 Å². The van der Waals surface area contributed by atoms with E-state index in [1.165, 1.54) is 69.9 Å². The van der Waals surface area contributed by atoms with Crippen LogP contribution in [0.1, 0.15) is 71.1 Å². The number of hydrogen-bond acceptors (Lipinski definition) is 1. The summed E-state index contributed by atoms with van der Waals surface area (Å²) >= 11 is 5.81. The Morgan fingerprint density at radius 1 is 0.857 bits per heavy atom. The summed E-state index contributed by atoms with van der Waals surface area (Å²) in [7, 11) is 0. The zero-order valence-corrected chi connectivity index (χ0v) is 14.0. The summed E-state index contributed by atoms with van der Waals surface area (Å²) in [6.45, 7) is 3.14. The normalized spacial score (nSPS) is 10.8. The van der Waals surface area contributed by atoms with Crippen LogP contribution in [0.2, 0.25) is 5.02 Å². The van der Waals surface area contributed by atoms with E-state index in [9.17, 15) is 4.39 Å². The van der Waals surface area contributed by atoms with Gasteiger partial charge in [0.25, 0.3) is 0 Å². The van der Waals surface area contributed by atoms with Gasteiger partial charge in [0.05, 0.1) is 0 Å². The molecule has 0 atom stereocenters. The van der Waals surface area contributed by atoms with Gasteiger partial charge in [-0.1, -0.05) is 76.3 Å². The molecule has 0 heterocycles. The van der Waals surface area contributed by atoms with Crippen molar-refractivity contribution in [3.8, 4) is 0 Å². The highest BCUT2D eigenvalue weighted by Gasteiger charge is 1.98. The molecule has 3 heteroatoms. The highest BCUT2D eigenvalue weighted by Crippen LogP contribution is 2.18. The molecule has 1 N–H and O–H groups in total. The van der Waals surface area contributed by atoms with E-state index in [0.717, 1.165) is 18.7 Å². The third kappa shape index (κ3) is 9.73. The standard InChI is InChI=1S/C18H29ClFN/c1-2-3-4-5-6-7-8-9-10-11-12-21-18-14-16(19)13-17(20)15-18/h13-15,21H,2-12H2,1H3. The lowest BCUT2D eigenvalue weighted by atomic mass is 10.1. The van der Waals surface area contributed by atoms with E-state index in [1.807, 2.05) is 0 Å². The van der Waals surface area contributed by atoms with Gasteiger partial charge in [0.1, 0.15) is 5.82 Å². The molecule has 1 aromatic rings. The summed E-state index contributed by atoms with van der Waals surface area (Å²) in [6.07, 6.45) is 13.3. The summed E-state index contributed by atoms with van der Waals surface area (Å²) < 4.78 is 13.1. The molecular weight excluding hydrogens is 285 g/mol. The van der Waals surface area contributed by atoms with Gasteiger partial charge in [-0.3, -0.25) is 0 Å². The summed E-state index contributed by atoms with van der Waals surface area (Å²) in [5.41, 5.74) is 0.774. The Hall–Kier alpha value is -0.760. The van der Waals surface area contributed by atoms with E-state index in [2.05, 4.69) is 12.2 Å². The first-order valence-electron chi connectivity index (χ1n) is 8.42. The molecule has 1 aromatic carbocycles. The lowest BCUT2D eigenvalue weighted by molar-refractivity contribution is 0.560. The van der Waals surface area contributed by atoms with Crippen molar-refractivity contribution in [2.45, 2.75) is 71.1 Å². The lowest BCUT2D eigenvalue weighted by Crippen LogP contribution is -2.01. The molecule has 0 saturated carbocycles. The van der Waals surface area contributed by atoms with Crippen molar-refractivity contribution < 1.29 is 4.39 Å². The van der Waals surface area contributed by atoms with Crippen LogP contribution in [0.3, 0.4) is 0 Å². The Balaban J connectivity index is 1.93. The highest BCUT2D eigenvalue weighted by molar-refractivity contribution is 6.30. The quantitative estimate of drug-likeness (QED) is 0.418. The van der Waals surface area contributed by atoms with Gasteiger partial charge in [-0.15, -0.1) is 0 Å². The third-order valence-corrected chi connectivity index (χ3v) is 3.94. The molecule has 0 aliphatic heterocycles. The largest absolute Gasteiger partial charge is 0.385 e. The topological polar surface area (TPSA) is 12.0 Å². The maximum atomic E-state index is 13.1. The molecule has 0 fully saturated rings. The number of benzene rings is 1. The molecule has 0 bridgehead atoms. The summed E-state index contributed by atoms with van der Waals surface area (Å²) in [5, 5.41) is 3.67. The van der Waals surface area contributed by atoms with Crippen LogP contribution in [0.25, 0.3) is 0 Å². The fourth-order valence-corrected chi connectivity index (χ4v) is 2.72. The molecule has 120 valence electrons. The van der Waals surface area contributed by atoms with Gasteiger partial charge in [-0.25, -0.2) is 4.39 Å². The first-order chi connectivity index (χ1) is 10.2. The van der Waals surface area contributed by atoms with E-state index in [4.69, 9.17) is 11.6 Å². The second kappa shape index (κ2) is 11.9. The second-order valence-corrected chi connectivity index (χ2v) is 6.20. The fourth-order valence-electron chi connectivity index (χ4n) is 2.50. The van der Waals surface area contributed by atoms with Crippen LogP contribution in [0.4, 0.5) is 10.1 Å². The van der Waals surface area contributed by atoms with Gasteiger partial charge in [-0.2, -0.15) is 0 Å². The molecule has 1 nitrogen and oxygen atoms in total. The number of unbranched alkanes of at least 4 members (excludes halogenated alkanes) is 9. The number of nitrogens with one attached hydrogen (secondary N) is 1. The molecule has 0 aromatic heterocycles. The summed E-state index contributed by atoms with van der Waals surface area (Å²) in [4.78, 5) is 0. The van der Waals surface area contributed by atoms with Gasteiger partial charge in [0.15, 0.2) is 0 Å². The van der Waals surface area contributed by atoms with Crippen molar-refractivity contribution in [3.63, 3.8) is 0 Å². The number of rotatable bonds is 12. The number of halogens is 2. The fraction of sp³-hybridized carbons (Fsp3) is 0.667. The molecule has 21 heavy (non-hydrogen) atoms. The van der Waals surface area contributed by atoms with Crippen molar-refractivity contribution in [1.82, 2.24) is 0 Å². The Bertz CT molecular complexity index is 361. The van der Waals surface area contributed by atoms with E-state index < -0.39 is 0 Å². The maximum absolute atomic E-state index is 13.1. The van der Waals surface area contributed by atoms with Gasteiger partial charge in [0, 0.05) is 17.3 Å². The maximum Gasteiger partial charge on any atom is 0.126 e. The Morgan fingerprint density at radius 2 is 1.43 bits per heavy atom. The molecule has 1 rings (SSSR count). The Labute approximate surface area is 134 Å². The average Bonchev–Trinajstić information content (AvgIpc) is 2.44. The highest BCUT2D eigenvalue weighted by atomic mass is 35.5. The average molecular weight is 314 g/mol. The molecule has 0 amide bonds. The SMILES string of the molecule is CCCCCCCCCCCCNc1cc(F)cc(Cl)c1. The van der Waals surface area contributed by atoms with Crippen LogP contribution >= 0.6 is 11.6 Å². The van der Waals surface area contributed by atoms with Crippen LogP contribution < -0.4 is 5.32 Å². The van der Waals surface area contributed by atoms with Crippen LogP contribution in [0.15, 0.2) is 18.2 Å². The third-order valence-electron chi connectivity index (χ3n) is 3.72. The van der Waals surface area contributed by atoms with Crippen LogP contribution in [0, 0.1) is 5.82 Å². The van der Waals surface area contributed by atoms with E-state index >= 15 is 0 Å². The van der Waals surface area contributed by atoms with E-state index in [-0.39, 0.29) is 5.82 Å². The van der Waals surface area contributed by atoms with Crippen LogP contribution in [-0.4, -0.2) is 6.54 Å². The van der Waals surface area contributed by atoms with Crippen molar-refractivity contribution >= 4 is 17.3 Å². The number of hydrogen-bond donors (Lipinski definition) is 1. The molecule has 0 radical (unpaired) electrons. The summed E-state index contributed by atoms with van der Waals surface area (Å²) in [5.74, 6) is -0.284. The molecule has 0 saturated heterocycles. The monoisotopic (exact) mass is 313 g/mol. The predicted molar refractivity (Wildman–Crippen MR) is 91.7 cm³/mol. The first kappa shape index (κ1) is 18.3. The summed E-state index contributed by atoms with van der Waals surface area (Å²) in [6, 6.07) is 4.58. The molecule has 0 aliphatic rings. The zero-order valence-electron chi connectivity index (χ0n) is 13.3. The van der Waals surface area contributed by atoms with E-state index in [0.29, 0.717) is 5.02 Å². The molecule has 0 unspecified atom stereocenters. The minimum Gasteiger partial charge on any atom is -0.385 e. The minimum absolute atomic E-state index is 0.284. The lowest BCUT2D eigenvalue weighted by Gasteiger charge is -2.07. The zero-order chi connectivity index (χ0) is 15.3. The van der Waals surface area contributed by atoms with Crippen molar-refractivity contribution in [3.05, 3.63) is 29.0 Å². The van der Waals surface area contributed by atoms with E-state index in [1.54, 1.807) is 6.07 Å². The molecule has 0 aliphatic carbocycles. The van der Waals surface area contributed by atoms with Crippen LogP contribution in [0.5, 0.6) is 0 Å². The minimum atomic E-state index is -0.284. The molecular formula is C18H29ClFN. The van der Waals surface area contributed by atoms with Crippen molar-refractivity contribution in [2.75, 3.05) is 11.9 Å². The smallest absolute Gasteiger partial charge is 0.126 e. The molecule has 0 spiro atoms. The van der Waals surface area contributed by atoms with Gasteiger partial charge in [0.2, 0.25) is 0 Å². The van der Waals surface area contributed by atoms with Crippen molar-refractivity contribution in [2.24, 2.45) is 0 Å². The predicted octanol–water partition coefficient (Wildman–Crippen LogP) is 6.81. The second-order valence-electron chi connectivity index (χ2n) is 5.77. The van der Waals surface area contributed by atoms with Gasteiger partial charge >= 0.3 is 0 Å².